The lowest BCUT2D eigenvalue weighted by molar-refractivity contribution is -0.384. The fourth-order valence-corrected chi connectivity index (χ4v) is 4.01. The number of benzene rings is 2. The Morgan fingerprint density at radius 2 is 1.74 bits per heavy atom. The van der Waals surface area contributed by atoms with Crippen LogP contribution in [0.5, 0.6) is 0 Å². The van der Waals surface area contributed by atoms with E-state index >= 15 is 0 Å². The number of amides is 1. The van der Waals surface area contributed by atoms with Gasteiger partial charge in [-0.25, -0.2) is 0 Å². The first-order valence-corrected chi connectivity index (χ1v) is 10.1. The van der Waals surface area contributed by atoms with Gasteiger partial charge in [0, 0.05) is 48.9 Å². The molecule has 0 spiro atoms. The molecule has 0 radical (unpaired) electrons. The lowest BCUT2D eigenvalue weighted by Crippen LogP contribution is -2.48. The molecule has 2 aromatic rings. The van der Waals surface area contributed by atoms with Crippen molar-refractivity contribution in [3.05, 3.63) is 64.2 Å². The number of anilines is 1. The average molecular weight is 385 g/mol. The third-order valence-electron chi connectivity index (χ3n) is 4.57. The van der Waals surface area contributed by atoms with E-state index in [1.165, 1.54) is 12.1 Å². The maximum Gasteiger partial charge on any atom is 0.269 e. The molecule has 0 N–H and O–H groups in total. The molecule has 0 unspecified atom stereocenters. The van der Waals surface area contributed by atoms with E-state index in [9.17, 15) is 14.9 Å². The first-order valence-electron chi connectivity index (χ1n) is 9.10. The van der Waals surface area contributed by atoms with Crippen molar-refractivity contribution in [1.82, 2.24) is 4.90 Å². The number of thioether (sulfide) groups is 1. The minimum atomic E-state index is -0.394. The van der Waals surface area contributed by atoms with Crippen molar-refractivity contribution >= 4 is 29.0 Å². The van der Waals surface area contributed by atoms with Crippen molar-refractivity contribution in [3.8, 4) is 0 Å². The number of rotatable bonds is 6. The van der Waals surface area contributed by atoms with Crippen LogP contribution in [0.3, 0.4) is 0 Å². The number of carbonyl (C=O) groups excluding carboxylic acids is 1. The highest BCUT2D eigenvalue weighted by molar-refractivity contribution is 7.99. The van der Waals surface area contributed by atoms with E-state index in [-0.39, 0.29) is 11.6 Å². The van der Waals surface area contributed by atoms with Crippen molar-refractivity contribution < 1.29 is 9.72 Å². The zero-order chi connectivity index (χ0) is 19.2. The van der Waals surface area contributed by atoms with Crippen LogP contribution in [0.2, 0.25) is 0 Å². The monoisotopic (exact) mass is 385 g/mol. The van der Waals surface area contributed by atoms with Gasteiger partial charge >= 0.3 is 0 Å². The third kappa shape index (κ3) is 4.60. The van der Waals surface area contributed by atoms with Gasteiger partial charge in [-0.1, -0.05) is 19.1 Å². The fraction of sp³-hybridized carbons (Fsp3) is 0.350. The second-order valence-electron chi connectivity index (χ2n) is 6.40. The summed E-state index contributed by atoms with van der Waals surface area (Å²) in [4.78, 5) is 28.4. The van der Waals surface area contributed by atoms with Crippen LogP contribution in [0.25, 0.3) is 0 Å². The third-order valence-corrected chi connectivity index (χ3v) is 5.85. The molecule has 1 amide bonds. The molecule has 0 bridgehead atoms. The normalized spacial score (nSPS) is 14.3. The molecule has 0 saturated carbocycles. The largest absolute Gasteiger partial charge is 0.368 e. The minimum absolute atomic E-state index is 0.0811. The molecule has 1 aliphatic heterocycles. The van der Waals surface area contributed by atoms with Gasteiger partial charge in [0.15, 0.2) is 0 Å². The number of piperazine rings is 1. The molecule has 1 heterocycles. The predicted octanol–water partition coefficient (Wildman–Crippen LogP) is 4.06. The van der Waals surface area contributed by atoms with Crippen LogP contribution < -0.4 is 4.90 Å². The van der Waals surface area contributed by atoms with Crippen molar-refractivity contribution in [2.24, 2.45) is 0 Å². The zero-order valence-electron chi connectivity index (χ0n) is 15.3. The second-order valence-corrected chi connectivity index (χ2v) is 7.53. The molecule has 0 aliphatic carbocycles. The Kier molecular flexibility index (Phi) is 6.34. The van der Waals surface area contributed by atoms with Crippen LogP contribution in [0, 0.1) is 10.1 Å². The highest BCUT2D eigenvalue weighted by Crippen LogP contribution is 2.26. The van der Waals surface area contributed by atoms with Crippen LogP contribution in [0.1, 0.15) is 23.7 Å². The topological polar surface area (TPSA) is 66.7 Å². The number of carbonyl (C=O) groups is 1. The van der Waals surface area contributed by atoms with Gasteiger partial charge in [0.25, 0.3) is 11.6 Å². The molecule has 6 nitrogen and oxygen atoms in total. The van der Waals surface area contributed by atoms with E-state index < -0.39 is 4.92 Å². The van der Waals surface area contributed by atoms with E-state index in [0.29, 0.717) is 26.2 Å². The molecule has 3 rings (SSSR count). The maximum atomic E-state index is 13.0. The van der Waals surface area contributed by atoms with E-state index in [1.807, 2.05) is 29.2 Å². The van der Waals surface area contributed by atoms with Gasteiger partial charge in [-0.15, -0.1) is 11.8 Å². The average Bonchev–Trinajstić information content (AvgIpc) is 2.72. The second kappa shape index (κ2) is 8.90. The summed E-state index contributed by atoms with van der Waals surface area (Å²) in [6.07, 6.45) is 1.07. The number of nitrogens with zero attached hydrogens (tertiary/aromatic N) is 3. The van der Waals surface area contributed by atoms with E-state index in [0.717, 1.165) is 28.3 Å². The van der Waals surface area contributed by atoms with Crippen LogP contribution in [0.4, 0.5) is 11.4 Å². The molecule has 1 fully saturated rings. The van der Waals surface area contributed by atoms with Crippen LogP contribution in [0.15, 0.2) is 53.4 Å². The number of nitro groups is 1. The van der Waals surface area contributed by atoms with E-state index in [1.54, 1.807) is 23.9 Å². The smallest absolute Gasteiger partial charge is 0.269 e. The Labute approximate surface area is 163 Å². The summed E-state index contributed by atoms with van der Waals surface area (Å²) in [7, 11) is 0. The molecule has 142 valence electrons. The summed E-state index contributed by atoms with van der Waals surface area (Å²) in [6.45, 7) is 4.85. The highest BCUT2D eigenvalue weighted by Gasteiger charge is 2.24. The van der Waals surface area contributed by atoms with Gasteiger partial charge in [0.05, 0.1) is 10.5 Å². The van der Waals surface area contributed by atoms with Gasteiger partial charge < -0.3 is 9.80 Å². The lowest BCUT2D eigenvalue weighted by atomic mass is 10.1. The van der Waals surface area contributed by atoms with Gasteiger partial charge in [-0.3, -0.25) is 14.9 Å². The van der Waals surface area contributed by atoms with Gasteiger partial charge in [-0.05, 0) is 36.4 Å². The summed E-state index contributed by atoms with van der Waals surface area (Å²) < 4.78 is 0. The van der Waals surface area contributed by atoms with Crippen LogP contribution in [-0.4, -0.2) is 47.7 Å². The SMILES string of the molecule is CCCSc1ccccc1C(=O)N1CCN(c2ccc([N+](=O)[O-])cc2)CC1. The molecule has 1 saturated heterocycles. The van der Waals surface area contributed by atoms with Gasteiger partial charge in [-0.2, -0.15) is 0 Å². The Morgan fingerprint density at radius 3 is 2.37 bits per heavy atom. The molecule has 0 atom stereocenters. The summed E-state index contributed by atoms with van der Waals surface area (Å²) in [5, 5.41) is 10.8. The Balaban J connectivity index is 1.63. The highest BCUT2D eigenvalue weighted by atomic mass is 32.2. The molecule has 1 aliphatic rings. The number of nitro benzene ring substituents is 1. The summed E-state index contributed by atoms with van der Waals surface area (Å²) in [5.74, 6) is 1.08. The minimum Gasteiger partial charge on any atom is -0.368 e. The molecule has 27 heavy (non-hydrogen) atoms. The lowest BCUT2D eigenvalue weighted by Gasteiger charge is -2.36. The maximum absolute atomic E-state index is 13.0. The first kappa shape index (κ1) is 19.2. The Morgan fingerprint density at radius 1 is 1.07 bits per heavy atom. The molecule has 2 aromatic carbocycles. The summed E-state index contributed by atoms with van der Waals surface area (Å²) >= 11 is 1.73. The molecular formula is C20H23N3O3S. The molecular weight excluding hydrogens is 362 g/mol. The van der Waals surface area contributed by atoms with Crippen molar-refractivity contribution in [2.75, 3.05) is 36.8 Å². The summed E-state index contributed by atoms with van der Waals surface area (Å²) in [5.41, 5.74) is 1.82. The van der Waals surface area contributed by atoms with Crippen molar-refractivity contribution in [1.29, 1.82) is 0 Å². The van der Waals surface area contributed by atoms with Gasteiger partial charge in [0.2, 0.25) is 0 Å². The summed E-state index contributed by atoms with van der Waals surface area (Å²) in [6, 6.07) is 14.4. The van der Waals surface area contributed by atoms with Gasteiger partial charge in [0.1, 0.15) is 0 Å². The fourth-order valence-electron chi connectivity index (χ4n) is 3.10. The van der Waals surface area contributed by atoms with E-state index in [4.69, 9.17) is 0 Å². The Bertz CT molecular complexity index is 802. The Hall–Kier alpha value is -2.54. The first-order chi connectivity index (χ1) is 13.1. The quantitative estimate of drug-likeness (QED) is 0.426. The number of hydrogen-bond acceptors (Lipinski definition) is 5. The van der Waals surface area contributed by atoms with Crippen LogP contribution >= 0.6 is 11.8 Å². The predicted molar refractivity (Wildman–Crippen MR) is 109 cm³/mol. The van der Waals surface area contributed by atoms with Crippen LogP contribution in [-0.2, 0) is 0 Å². The van der Waals surface area contributed by atoms with Crippen molar-refractivity contribution in [3.63, 3.8) is 0 Å². The molecule has 7 heteroatoms. The van der Waals surface area contributed by atoms with E-state index in [2.05, 4.69) is 11.8 Å². The number of hydrogen-bond donors (Lipinski definition) is 0. The standard InChI is InChI=1S/C20H23N3O3S/c1-2-15-27-19-6-4-3-5-18(19)20(24)22-13-11-21(12-14-22)16-7-9-17(10-8-16)23(25)26/h3-10H,2,11-15H2,1H3. The van der Waals surface area contributed by atoms with Crippen molar-refractivity contribution in [2.45, 2.75) is 18.2 Å². The number of non-ortho nitro benzene ring substituents is 1. The zero-order valence-corrected chi connectivity index (χ0v) is 16.2. The molecule has 0 aromatic heterocycles.